The minimum atomic E-state index is -0.358. The molecule has 19 heavy (non-hydrogen) atoms. The van der Waals surface area contributed by atoms with E-state index in [4.69, 9.17) is 4.42 Å². The summed E-state index contributed by atoms with van der Waals surface area (Å²) in [6.45, 7) is 1.73. The van der Waals surface area contributed by atoms with Crippen LogP contribution in [0, 0.1) is 5.82 Å². The Morgan fingerprint density at radius 1 is 1.42 bits per heavy atom. The summed E-state index contributed by atoms with van der Waals surface area (Å²) in [6.07, 6.45) is 1.55. The molecule has 1 aromatic heterocycles. The molecule has 0 spiro atoms. The van der Waals surface area contributed by atoms with Gasteiger partial charge in [-0.25, -0.2) is 4.39 Å². The normalized spacial score (nSPS) is 14.3. The summed E-state index contributed by atoms with van der Waals surface area (Å²) in [5.41, 5.74) is 0.541. The summed E-state index contributed by atoms with van der Waals surface area (Å²) in [5, 5.41) is 12.5. The van der Waals surface area contributed by atoms with Crippen molar-refractivity contribution in [2.24, 2.45) is 0 Å². The van der Waals surface area contributed by atoms with Crippen molar-refractivity contribution in [2.45, 2.75) is 19.0 Å². The second kappa shape index (κ2) is 6.32. The lowest BCUT2D eigenvalue weighted by Gasteiger charge is -2.21. The molecule has 102 valence electrons. The predicted molar refractivity (Wildman–Crippen MR) is 74.2 cm³/mol. The zero-order valence-corrected chi connectivity index (χ0v) is 12.0. The fourth-order valence-electron chi connectivity index (χ4n) is 1.95. The van der Waals surface area contributed by atoms with Crippen LogP contribution < -0.4 is 5.32 Å². The Morgan fingerprint density at radius 2 is 2.21 bits per heavy atom. The van der Waals surface area contributed by atoms with E-state index in [9.17, 15) is 9.50 Å². The predicted octanol–water partition coefficient (Wildman–Crippen LogP) is 3.57. The van der Waals surface area contributed by atoms with E-state index < -0.39 is 0 Å². The molecule has 0 bridgehead atoms. The number of benzene rings is 1. The number of hydrogen-bond donors (Lipinski definition) is 2. The average molecular weight is 328 g/mol. The summed E-state index contributed by atoms with van der Waals surface area (Å²) in [5.74, 6) is 0.351. The minimum absolute atomic E-state index is 0.118. The van der Waals surface area contributed by atoms with Crippen molar-refractivity contribution in [3.63, 3.8) is 0 Å². The number of nitrogens with one attached hydrogen (secondary N) is 1. The van der Waals surface area contributed by atoms with Gasteiger partial charge in [-0.2, -0.15) is 0 Å². The largest absolute Gasteiger partial charge is 0.468 e. The molecular weight excluding hydrogens is 313 g/mol. The van der Waals surface area contributed by atoms with Crippen LogP contribution in [0.1, 0.15) is 30.3 Å². The second-order valence-corrected chi connectivity index (χ2v) is 5.22. The van der Waals surface area contributed by atoms with Crippen LogP contribution in [0.25, 0.3) is 0 Å². The standard InChI is InChI=1S/C14H15BrFNO2/c1-9(11-7-10(15)4-5-12(11)16)17-13(8-18)14-3-2-6-19-14/h2-7,9,13,17-18H,8H2,1H3. The van der Waals surface area contributed by atoms with E-state index >= 15 is 0 Å². The van der Waals surface area contributed by atoms with E-state index in [0.29, 0.717) is 11.3 Å². The molecule has 0 saturated carbocycles. The molecule has 0 radical (unpaired) electrons. The Bertz CT molecular complexity index is 530. The van der Waals surface area contributed by atoms with Crippen LogP contribution in [-0.4, -0.2) is 11.7 Å². The molecule has 2 atom stereocenters. The van der Waals surface area contributed by atoms with Gasteiger partial charge in [0.25, 0.3) is 0 Å². The van der Waals surface area contributed by atoms with Gasteiger partial charge < -0.3 is 9.52 Å². The minimum Gasteiger partial charge on any atom is -0.468 e. The van der Waals surface area contributed by atoms with Gasteiger partial charge in [-0.05, 0) is 37.3 Å². The molecule has 1 heterocycles. The molecule has 0 amide bonds. The third-order valence-electron chi connectivity index (χ3n) is 2.94. The summed E-state index contributed by atoms with van der Waals surface area (Å²) in [7, 11) is 0. The number of aliphatic hydroxyl groups is 1. The summed E-state index contributed by atoms with van der Waals surface area (Å²) in [4.78, 5) is 0. The second-order valence-electron chi connectivity index (χ2n) is 4.30. The molecule has 2 aromatic rings. The Hall–Kier alpha value is -1.17. The van der Waals surface area contributed by atoms with Crippen molar-refractivity contribution in [2.75, 3.05) is 6.61 Å². The maximum Gasteiger partial charge on any atom is 0.128 e. The van der Waals surface area contributed by atoms with Gasteiger partial charge in [-0.1, -0.05) is 15.9 Å². The molecule has 5 heteroatoms. The number of aliphatic hydroxyl groups excluding tert-OH is 1. The van der Waals surface area contributed by atoms with E-state index in [-0.39, 0.29) is 24.5 Å². The van der Waals surface area contributed by atoms with Crippen LogP contribution in [0.15, 0.2) is 45.5 Å². The average Bonchev–Trinajstić information content (AvgIpc) is 2.92. The third-order valence-corrected chi connectivity index (χ3v) is 3.44. The van der Waals surface area contributed by atoms with E-state index in [1.54, 1.807) is 30.5 Å². The Morgan fingerprint density at radius 3 is 2.84 bits per heavy atom. The highest BCUT2D eigenvalue weighted by Gasteiger charge is 2.19. The number of halogens is 2. The van der Waals surface area contributed by atoms with Crippen molar-refractivity contribution in [1.82, 2.24) is 5.32 Å². The van der Waals surface area contributed by atoms with Gasteiger partial charge >= 0.3 is 0 Å². The SMILES string of the molecule is CC(NC(CO)c1ccco1)c1cc(Br)ccc1F. The van der Waals surface area contributed by atoms with Crippen LogP contribution >= 0.6 is 15.9 Å². The third kappa shape index (κ3) is 3.43. The summed E-state index contributed by atoms with van der Waals surface area (Å²) >= 11 is 3.32. The van der Waals surface area contributed by atoms with Crippen LogP contribution in [0.3, 0.4) is 0 Å². The first-order valence-corrected chi connectivity index (χ1v) is 6.76. The van der Waals surface area contributed by atoms with Crippen molar-refractivity contribution >= 4 is 15.9 Å². The topological polar surface area (TPSA) is 45.4 Å². The smallest absolute Gasteiger partial charge is 0.128 e. The molecule has 0 fully saturated rings. The highest BCUT2D eigenvalue weighted by atomic mass is 79.9. The van der Waals surface area contributed by atoms with E-state index in [0.717, 1.165) is 4.47 Å². The van der Waals surface area contributed by atoms with Gasteiger partial charge in [0.1, 0.15) is 11.6 Å². The molecule has 3 nitrogen and oxygen atoms in total. The van der Waals surface area contributed by atoms with Crippen molar-refractivity contribution in [3.8, 4) is 0 Å². The maximum atomic E-state index is 13.8. The molecule has 0 aliphatic heterocycles. The fraction of sp³-hybridized carbons (Fsp3) is 0.286. The highest BCUT2D eigenvalue weighted by molar-refractivity contribution is 9.10. The molecule has 0 aliphatic rings. The van der Waals surface area contributed by atoms with Gasteiger partial charge in [0.15, 0.2) is 0 Å². The number of hydrogen-bond acceptors (Lipinski definition) is 3. The monoisotopic (exact) mass is 327 g/mol. The first kappa shape index (κ1) is 14.2. The van der Waals surface area contributed by atoms with Gasteiger partial charge in [0, 0.05) is 16.1 Å². The van der Waals surface area contributed by atoms with Crippen LogP contribution in [0.2, 0.25) is 0 Å². The quantitative estimate of drug-likeness (QED) is 0.882. The molecule has 2 unspecified atom stereocenters. The Kier molecular flexibility index (Phi) is 4.74. The maximum absolute atomic E-state index is 13.8. The van der Waals surface area contributed by atoms with Crippen molar-refractivity contribution in [3.05, 3.63) is 58.2 Å². The van der Waals surface area contributed by atoms with Crippen LogP contribution in [-0.2, 0) is 0 Å². The molecule has 2 N–H and O–H groups in total. The van der Waals surface area contributed by atoms with E-state index in [2.05, 4.69) is 21.2 Å². The molecule has 0 aliphatic carbocycles. The Balaban J connectivity index is 2.15. The summed E-state index contributed by atoms with van der Waals surface area (Å²) < 4.78 is 19.8. The molecule has 1 aromatic carbocycles. The fourth-order valence-corrected chi connectivity index (χ4v) is 2.33. The first-order valence-electron chi connectivity index (χ1n) is 5.97. The lowest BCUT2D eigenvalue weighted by Crippen LogP contribution is -2.27. The van der Waals surface area contributed by atoms with Crippen molar-refractivity contribution in [1.29, 1.82) is 0 Å². The van der Waals surface area contributed by atoms with Gasteiger partial charge in [0.2, 0.25) is 0 Å². The first-order chi connectivity index (χ1) is 9.11. The zero-order chi connectivity index (χ0) is 13.8. The highest BCUT2D eigenvalue weighted by Crippen LogP contribution is 2.24. The number of furan rings is 1. The zero-order valence-electron chi connectivity index (χ0n) is 10.4. The van der Waals surface area contributed by atoms with Gasteiger partial charge in [-0.15, -0.1) is 0 Å². The van der Waals surface area contributed by atoms with Crippen LogP contribution in [0.4, 0.5) is 4.39 Å². The molecule has 0 saturated heterocycles. The van der Waals surface area contributed by atoms with E-state index in [1.165, 1.54) is 6.07 Å². The van der Waals surface area contributed by atoms with Gasteiger partial charge in [0.05, 0.1) is 18.9 Å². The van der Waals surface area contributed by atoms with Crippen molar-refractivity contribution < 1.29 is 13.9 Å². The van der Waals surface area contributed by atoms with Gasteiger partial charge in [-0.3, -0.25) is 5.32 Å². The lowest BCUT2D eigenvalue weighted by molar-refractivity contribution is 0.216. The molecule has 2 rings (SSSR count). The van der Waals surface area contributed by atoms with Crippen LogP contribution in [0.5, 0.6) is 0 Å². The molecular formula is C14H15BrFNO2. The lowest BCUT2D eigenvalue weighted by atomic mass is 10.1. The Labute approximate surface area is 119 Å². The number of rotatable bonds is 5. The summed E-state index contributed by atoms with van der Waals surface area (Å²) in [6, 6.07) is 7.72. The van der Waals surface area contributed by atoms with E-state index in [1.807, 2.05) is 6.92 Å².